The van der Waals surface area contributed by atoms with Gasteiger partial charge in [0.1, 0.15) is 16.5 Å². The summed E-state index contributed by atoms with van der Waals surface area (Å²) >= 11 is 0. The number of hydrogen-bond acceptors (Lipinski definition) is 5. The zero-order valence-corrected chi connectivity index (χ0v) is 15.1. The summed E-state index contributed by atoms with van der Waals surface area (Å²) in [5.74, 6) is -1.17. The topological polar surface area (TPSA) is 103 Å². The molecule has 2 aromatic rings. The lowest BCUT2D eigenvalue weighted by molar-refractivity contribution is -0.120. The smallest absolute Gasteiger partial charge is 0.245 e. The third-order valence-corrected chi connectivity index (χ3v) is 6.35. The molecule has 1 amide bonds. The maximum Gasteiger partial charge on any atom is 0.245 e. The van der Waals surface area contributed by atoms with Crippen molar-refractivity contribution in [3.8, 4) is 6.07 Å². The maximum atomic E-state index is 13.8. The molecule has 0 unspecified atom stereocenters. The van der Waals surface area contributed by atoms with Gasteiger partial charge in [-0.15, -0.1) is 0 Å². The molecule has 1 aliphatic heterocycles. The van der Waals surface area contributed by atoms with Crippen LogP contribution in [0.15, 0.2) is 47.5 Å². The van der Waals surface area contributed by atoms with Gasteiger partial charge in [-0.25, -0.2) is 17.8 Å². The largest absolute Gasteiger partial charge is 0.310 e. The van der Waals surface area contributed by atoms with Gasteiger partial charge < -0.3 is 5.32 Å². The quantitative estimate of drug-likeness (QED) is 0.864. The molecule has 2 heterocycles. The van der Waals surface area contributed by atoms with Crippen LogP contribution in [0.3, 0.4) is 0 Å². The molecule has 7 nitrogen and oxygen atoms in total. The number of nitrogens with zero attached hydrogens (tertiary/aromatic N) is 3. The monoisotopic (exact) mass is 388 g/mol. The average Bonchev–Trinajstić information content (AvgIpc) is 2.68. The summed E-state index contributed by atoms with van der Waals surface area (Å²) in [4.78, 5) is 16.0. The molecule has 0 atom stereocenters. The molecule has 0 radical (unpaired) electrons. The Morgan fingerprint density at radius 3 is 2.63 bits per heavy atom. The van der Waals surface area contributed by atoms with Crippen molar-refractivity contribution in [2.24, 2.45) is 5.92 Å². The molecule has 140 valence electrons. The summed E-state index contributed by atoms with van der Waals surface area (Å²) in [5.41, 5.74) is 0.381. The van der Waals surface area contributed by atoms with Crippen LogP contribution in [-0.4, -0.2) is 36.7 Å². The van der Waals surface area contributed by atoms with E-state index in [4.69, 9.17) is 5.26 Å². The summed E-state index contributed by atoms with van der Waals surface area (Å²) in [6.07, 6.45) is 2.06. The third-order valence-electron chi connectivity index (χ3n) is 4.42. The third kappa shape index (κ3) is 4.13. The van der Waals surface area contributed by atoms with Crippen molar-refractivity contribution in [1.82, 2.24) is 9.29 Å². The fraction of sp³-hybridized carbons (Fsp3) is 0.278. The van der Waals surface area contributed by atoms with Crippen LogP contribution in [0.1, 0.15) is 18.4 Å². The Morgan fingerprint density at radius 2 is 1.96 bits per heavy atom. The lowest BCUT2D eigenvalue weighted by Gasteiger charge is -2.30. The molecule has 0 saturated carbocycles. The first-order valence-electron chi connectivity index (χ1n) is 8.33. The van der Waals surface area contributed by atoms with Crippen LogP contribution in [-0.2, 0) is 14.8 Å². The number of rotatable bonds is 4. The molecule has 1 aliphatic rings. The van der Waals surface area contributed by atoms with Crippen LogP contribution in [0.25, 0.3) is 0 Å². The highest BCUT2D eigenvalue weighted by molar-refractivity contribution is 7.89. The van der Waals surface area contributed by atoms with E-state index in [0.717, 1.165) is 6.07 Å². The number of sulfonamides is 1. The number of hydrogen-bond donors (Lipinski definition) is 1. The first-order chi connectivity index (χ1) is 12.9. The zero-order valence-electron chi connectivity index (χ0n) is 14.3. The molecule has 9 heteroatoms. The number of benzene rings is 1. The first kappa shape index (κ1) is 18.9. The lowest BCUT2D eigenvalue weighted by Crippen LogP contribution is -2.41. The number of nitrogens with one attached hydrogen (secondary N) is 1. The molecule has 1 aromatic carbocycles. The first-order valence-corrected chi connectivity index (χ1v) is 9.77. The van der Waals surface area contributed by atoms with Gasteiger partial charge in [-0.3, -0.25) is 4.79 Å². The van der Waals surface area contributed by atoms with Gasteiger partial charge in [-0.2, -0.15) is 9.57 Å². The summed E-state index contributed by atoms with van der Waals surface area (Å²) in [6, 6.07) is 10.2. The lowest BCUT2D eigenvalue weighted by atomic mass is 9.97. The average molecular weight is 388 g/mol. The van der Waals surface area contributed by atoms with E-state index in [2.05, 4.69) is 10.3 Å². The highest BCUT2D eigenvalue weighted by Gasteiger charge is 2.33. The number of pyridine rings is 1. The number of aromatic nitrogens is 1. The van der Waals surface area contributed by atoms with Crippen LogP contribution in [0.2, 0.25) is 0 Å². The molecule has 0 bridgehead atoms. The number of carbonyl (C=O) groups is 1. The Kier molecular flexibility index (Phi) is 5.48. The number of amides is 1. The van der Waals surface area contributed by atoms with E-state index < -0.39 is 15.8 Å². The fourth-order valence-corrected chi connectivity index (χ4v) is 4.48. The molecule has 1 saturated heterocycles. The number of piperidine rings is 1. The molecule has 3 rings (SSSR count). The molecule has 1 N–H and O–H groups in total. The molecule has 0 spiro atoms. The molecular weight excluding hydrogens is 371 g/mol. The van der Waals surface area contributed by atoms with Crippen molar-refractivity contribution in [2.45, 2.75) is 17.7 Å². The van der Waals surface area contributed by atoms with E-state index >= 15 is 0 Å². The van der Waals surface area contributed by atoms with E-state index in [-0.39, 0.29) is 35.6 Å². The molecule has 0 aliphatic carbocycles. The van der Waals surface area contributed by atoms with Crippen molar-refractivity contribution in [3.63, 3.8) is 0 Å². The number of carbonyl (C=O) groups excluding carboxylic acids is 1. The Bertz CT molecular complexity index is 996. The van der Waals surface area contributed by atoms with Crippen molar-refractivity contribution in [1.29, 1.82) is 5.26 Å². The Hall–Kier alpha value is -2.83. The summed E-state index contributed by atoms with van der Waals surface area (Å²) in [5, 5.41) is 11.5. The van der Waals surface area contributed by atoms with Crippen LogP contribution < -0.4 is 5.32 Å². The highest BCUT2D eigenvalue weighted by atomic mass is 32.2. The second kappa shape index (κ2) is 7.82. The number of nitriles is 1. The Morgan fingerprint density at radius 1 is 1.26 bits per heavy atom. The number of anilines is 1. The van der Waals surface area contributed by atoms with Crippen molar-refractivity contribution in [2.75, 3.05) is 18.4 Å². The van der Waals surface area contributed by atoms with Crippen molar-refractivity contribution < 1.29 is 17.6 Å². The van der Waals surface area contributed by atoms with E-state index in [1.165, 1.54) is 40.8 Å². The minimum Gasteiger partial charge on any atom is -0.310 e. The van der Waals surface area contributed by atoms with Gasteiger partial charge in [0.15, 0.2) is 0 Å². The van der Waals surface area contributed by atoms with Crippen molar-refractivity contribution >= 4 is 21.7 Å². The van der Waals surface area contributed by atoms with Crippen LogP contribution in [0.5, 0.6) is 0 Å². The van der Waals surface area contributed by atoms with Gasteiger partial charge in [-0.05, 0) is 37.1 Å². The second-order valence-corrected chi connectivity index (χ2v) is 8.05. The molecule has 27 heavy (non-hydrogen) atoms. The summed E-state index contributed by atoms with van der Waals surface area (Å²) in [7, 11) is -3.93. The van der Waals surface area contributed by atoms with Crippen LogP contribution >= 0.6 is 0 Å². The van der Waals surface area contributed by atoms with Gasteiger partial charge in [0.2, 0.25) is 15.9 Å². The molecular formula is C18H17FN4O3S. The fourth-order valence-electron chi connectivity index (χ4n) is 2.95. The van der Waals surface area contributed by atoms with Crippen molar-refractivity contribution in [3.05, 3.63) is 54.0 Å². The van der Waals surface area contributed by atoms with E-state index in [1.807, 2.05) is 6.07 Å². The molecule has 1 aromatic heterocycles. The zero-order chi connectivity index (χ0) is 19.4. The summed E-state index contributed by atoms with van der Waals surface area (Å²) < 4.78 is 40.2. The van der Waals surface area contributed by atoms with Gasteiger partial charge in [0.05, 0.1) is 11.6 Å². The highest BCUT2D eigenvalue weighted by Crippen LogP contribution is 2.26. The van der Waals surface area contributed by atoms with Gasteiger partial charge in [0, 0.05) is 25.2 Å². The normalized spacial score (nSPS) is 15.9. The Balaban J connectivity index is 1.64. The summed E-state index contributed by atoms with van der Waals surface area (Å²) in [6.45, 7) is 0.251. The van der Waals surface area contributed by atoms with Gasteiger partial charge >= 0.3 is 0 Å². The second-order valence-electron chi connectivity index (χ2n) is 6.14. The van der Waals surface area contributed by atoms with E-state index in [1.54, 1.807) is 0 Å². The van der Waals surface area contributed by atoms with Crippen LogP contribution in [0.4, 0.5) is 10.2 Å². The standard InChI is InChI=1S/C18H17FN4O3S/c19-15-3-1-2-4-16(15)27(25,26)23-9-6-14(7-10-23)18(24)22-17-11-13(12-20)5-8-21-17/h1-5,8,11,14H,6-7,9-10H2,(H,21,22,24). The SMILES string of the molecule is N#Cc1ccnc(NC(=O)C2CCN(S(=O)(=O)c3ccccc3F)CC2)c1. The predicted octanol–water partition coefficient (Wildman–Crippen LogP) is 2.13. The minimum absolute atomic E-state index is 0.125. The van der Waals surface area contributed by atoms with Gasteiger partial charge in [0.25, 0.3) is 0 Å². The van der Waals surface area contributed by atoms with Gasteiger partial charge in [-0.1, -0.05) is 12.1 Å². The van der Waals surface area contributed by atoms with E-state index in [0.29, 0.717) is 18.4 Å². The maximum absolute atomic E-state index is 13.8. The molecule has 1 fully saturated rings. The van der Waals surface area contributed by atoms with E-state index in [9.17, 15) is 17.6 Å². The van der Waals surface area contributed by atoms with Crippen LogP contribution in [0, 0.1) is 23.1 Å². The minimum atomic E-state index is -3.93. The predicted molar refractivity (Wildman–Crippen MR) is 95.5 cm³/mol. The number of halogens is 1. The Labute approximate surface area is 156 Å².